The van der Waals surface area contributed by atoms with Gasteiger partial charge in [-0.25, -0.2) is 4.79 Å². The van der Waals surface area contributed by atoms with Crippen molar-refractivity contribution in [2.75, 3.05) is 7.11 Å². The lowest BCUT2D eigenvalue weighted by Crippen LogP contribution is -2.13. The second kappa shape index (κ2) is 9.76. The molecule has 0 unspecified atom stereocenters. The Hall–Kier alpha value is -2.86. The predicted octanol–water partition coefficient (Wildman–Crippen LogP) is 5.00. The molecule has 0 bridgehead atoms. The first-order valence-electron chi connectivity index (χ1n) is 10.2. The van der Waals surface area contributed by atoms with Crippen LogP contribution >= 0.6 is 11.3 Å². The minimum atomic E-state index is -0.424. The van der Waals surface area contributed by atoms with Crippen molar-refractivity contribution in [2.24, 2.45) is 5.73 Å². The summed E-state index contributed by atoms with van der Waals surface area (Å²) in [6.07, 6.45) is 3.85. The third-order valence-electron chi connectivity index (χ3n) is 5.40. The Bertz CT molecular complexity index is 1020. The molecular weight excluding hydrogens is 396 g/mol. The van der Waals surface area contributed by atoms with E-state index in [4.69, 9.17) is 10.5 Å². The number of amides is 1. The molecule has 0 radical (unpaired) electrons. The molecule has 0 saturated carbocycles. The minimum absolute atomic E-state index is 0.382. The Kier molecular flexibility index (Phi) is 7.11. The lowest BCUT2D eigenvalue weighted by atomic mass is 9.96. The van der Waals surface area contributed by atoms with Crippen molar-refractivity contribution in [3.05, 3.63) is 69.2 Å². The summed E-state index contributed by atoms with van der Waals surface area (Å²) in [4.78, 5) is 25.6. The van der Waals surface area contributed by atoms with Crippen molar-refractivity contribution in [2.45, 2.75) is 46.1 Å². The molecule has 3 rings (SSSR count). The lowest BCUT2D eigenvalue weighted by Gasteiger charge is -2.13. The highest BCUT2D eigenvalue weighted by atomic mass is 32.1. The predicted molar refractivity (Wildman–Crippen MR) is 121 cm³/mol. The summed E-state index contributed by atoms with van der Waals surface area (Å²) in [5.74, 6) is -0.806. The molecule has 1 aromatic carbocycles. The quantitative estimate of drug-likeness (QED) is 0.492. The highest BCUT2D eigenvalue weighted by molar-refractivity contribution is 7.09. The maximum Gasteiger partial charge on any atom is 0.337 e. The highest BCUT2D eigenvalue weighted by Gasteiger charge is 2.24. The normalized spacial score (nSPS) is 10.9. The van der Waals surface area contributed by atoms with E-state index in [9.17, 15) is 9.59 Å². The van der Waals surface area contributed by atoms with Crippen molar-refractivity contribution in [1.82, 2.24) is 4.57 Å². The molecule has 0 aliphatic carbocycles. The third-order valence-corrected chi connectivity index (χ3v) is 6.34. The number of rotatable bonds is 9. The zero-order chi connectivity index (χ0) is 21.7. The van der Waals surface area contributed by atoms with Gasteiger partial charge in [-0.1, -0.05) is 31.5 Å². The van der Waals surface area contributed by atoms with Crippen LogP contribution in [0.3, 0.4) is 0 Å². The highest BCUT2D eigenvalue weighted by Crippen LogP contribution is 2.34. The van der Waals surface area contributed by atoms with Crippen LogP contribution in [-0.2, 0) is 24.1 Å². The average molecular weight is 425 g/mol. The maximum atomic E-state index is 12.4. The van der Waals surface area contributed by atoms with Crippen molar-refractivity contribution in [3.63, 3.8) is 0 Å². The fourth-order valence-electron chi connectivity index (χ4n) is 3.88. The summed E-state index contributed by atoms with van der Waals surface area (Å²) in [6.45, 7) is 4.92. The van der Waals surface area contributed by atoms with Crippen LogP contribution in [0, 0.1) is 6.92 Å². The molecule has 158 valence electrons. The van der Waals surface area contributed by atoms with Gasteiger partial charge in [-0.05, 0) is 55.3 Å². The van der Waals surface area contributed by atoms with E-state index >= 15 is 0 Å². The van der Waals surface area contributed by atoms with Gasteiger partial charge in [0.25, 0.3) is 5.91 Å². The number of aromatic nitrogens is 1. The molecule has 0 saturated heterocycles. The number of aryl methyl sites for hydroxylation is 1. The molecule has 30 heavy (non-hydrogen) atoms. The molecule has 0 fully saturated rings. The summed E-state index contributed by atoms with van der Waals surface area (Å²) in [5, 5.41) is 2.08. The van der Waals surface area contributed by atoms with E-state index < -0.39 is 5.91 Å². The SMILES string of the molecule is CCCCc1c(-c2ccc(C(=O)OC)cc2)c(C(N)=O)c(C)n1CCc1cccs1. The first kappa shape index (κ1) is 21.8. The second-order valence-corrected chi connectivity index (χ2v) is 8.33. The lowest BCUT2D eigenvalue weighted by molar-refractivity contribution is 0.0600. The molecule has 1 amide bonds. The van der Waals surface area contributed by atoms with Crippen LogP contribution < -0.4 is 5.73 Å². The van der Waals surface area contributed by atoms with Gasteiger partial charge in [0.2, 0.25) is 0 Å². The van der Waals surface area contributed by atoms with Crippen molar-refractivity contribution in [3.8, 4) is 11.1 Å². The molecule has 0 aliphatic heterocycles. The molecule has 2 N–H and O–H groups in total. The molecule has 2 aromatic heterocycles. The van der Waals surface area contributed by atoms with Gasteiger partial charge in [-0.15, -0.1) is 11.3 Å². The summed E-state index contributed by atoms with van der Waals surface area (Å²) in [5.41, 5.74) is 10.7. The van der Waals surface area contributed by atoms with E-state index in [1.165, 1.54) is 12.0 Å². The number of ether oxygens (including phenoxy) is 1. The van der Waals surface area contributed by atoms with Crippen LogP contribution in [0.15, 0.2) is 41.8 Å². The van der Waals surface area contributed by atoms with Gasteiger partial charge < -0.3 is 15.0 Å². The second-order valence-electron chi connectivity index (χ2n) is 7.30. The van der Waals surface area contributed by atoms with E-state index in [1.54, 1.807) is 23.5 Å². The van der Waals surface area contributed by atoms with Crippen LogP contribution in [0.4, 0.5) is 0 Å². The number of unbranched alkanes of at least 4 members (excludes halogenated alkanes) is 1. The van der Waals surface area contributed by atoms with Crippen LogP contribution in [0.1, 0.15) is 56.7 Å². The number of nitrogens with zero attached hydrogens (tertiary/aromatic N) is 1. The van der Waals surface area contributed by atoms with Gasteiger partial charge in [-0.2, -0.15) is 0 Å². The monoisotopic (exact) mass is 424 g/mol. The molecule has 3 aromatic rings. The van der Waals surface area contributed by atoms with E-state index in [2.05, 4.69) is 29.0 Å². The van der Waals surface area contributed by atoms with Gasteiger partial charge in [-0.3, -0.25) is 4.79 Å². The summed E-state index contributed by atoms with van der Waals surface area (Å²) in [7, 11) is 1.36. The Morgan fingerprint density at radius 1 is 1.13 bits per heavy atom. The smallest absolute Gasteiger partial charge is 0.337 e. The fraction of sp³-hybridized carbons (Fsp3) is 0.333. The van der Waals surface area contributed by atoms with Gasteiger partial charge in [0.15, 0.2) is 0 Å². The molecule has 6 heteroatoms. The fourth-order valence-corrected chi connectivity index (χ4v) is 4.58. The van der Waals surface area contributed by atoms with Gasteiger partial charge >= 0.3 is 5.97 Å². The van der Waals surface area contributed by atoms with E-state index in [0.29, 0.717) is 11.1 Å². The number of primary amides is 1. The largest absolute Gasteiger partial charge is 0.465 e. The van der Waals surface area contributed by atoms with E-state index in [1.807, 2.05) is 19.1 Å². The average Bonchev–Trinajstić information content (AvgIpc) is 3.36. The molecule has 0 aliphatic rings. The number of nitrogens with two attached hydrogens (primary N) is 1. The summed E-state index contributed by atoms with van der Waals surface area (Å²) >= 11 is 1.74. The molecule has 0 spiro atoms. The van der Waals surface area contributed by atoms with Gasteiger partial charge in [0, 0.05) is 28.4 Å². The molecule has 5 nitrogen and oxygen atoms in total. The summed E-state index contributed by atoms with van der Waals surface area (Å²) < 4.78 is 7.04. The first-order valence-corrected chi connectivity index (χ1v) is 11.1. The first-order chi connectivity index (χ1) is 14.5. The number of thiophene rings is 1. The Morgan fingerprint density at radius 3 is 2.43 bits per heavy atom. The Balaban J connectivity index is 2.10. The minimum Gasteiger partial charge on any atom is -0.465 e. The Morgan fingerprint density at radius 2 is 1.87 bits per heavy atom. The number of benzene rings is 1. The number of esters is 1. The number of methoxy groups -OCH3 is 1. The number of hydrogen-bond donors (Lipinski definition) is 1. The summed E-state index contributed by atoms with van der Waals surface area (Å²) in [6, 6.07) is 11.4. The number of carbonyl (C=O) groups excluding carboxylic acids is 2. The van der Waals surface area contributed by atoms with Gasteiger partial charge in [0.05, 0.1) is 18.2 Å². The number of carbonyl (C=O) groups is 2. The molecular formula is C24H28N2O3S. The maximum absolute atomic E-state index is 12.4. The zero-order valence-electron chi connectivity index (χ0n) is 17.7. The third kappa shape index (κ3) is 4.49. The van der Waals surface area contributed by atoms with Crippen molar-refractivity contribution >= 4 is 23.2 Å². The van der Waals surface area contributed by atoms with Gasteiger partial charge in [0.1, 0.15) is 0 Å². The van der Waals surface area contributed by atoms with Crippen molar-refractivity contribution in [1.29, 1.82) is 0 Å². The van der Waals surface area contributed by atoms with Crippen LogP contribution in [0.25, 0.3) is 11.1 Å². The number of hydrogen-bond acceptors (Lipinski definition) is 4. The standard InChI is InChI=1S/C24H28N2O3S/c1-4-5-8-20-22(17-9-11-18(12-10-17)24(28)29-3)21(23(25)27)16(2)26(20)14-13-19-7-6-15-30-19/h6-7,9-12,15H,4-5,8,13-14H2,1-3H3,(H2,25,27). The molecule has 0 atom stereocenters. The Labute approximate surface area is 181 Å². The molecule has 2 heterocycles. The van der Waals surface area contributed by atoms with Crippen LogP contribution in [-0.4, -0.2) is 23.6 Å². The topological polar surface area (TPSA) is 74.3 Å². The van der Waals surface area contributed by atoms with Crippen LogP contribution in [0.5, 0.6) is 0 Å². The zero-order valence-corrected chi connectivity index (χ0v) is 18.6. The van der Waals surface area contributed by atoms with E-state index in [-0.39, 0.29) is 5.97 Å². The van der Waals surface area contributed by atoms with E-state index in [0.717, 1.165) is 54.7 Å². The van der Waals surface area contributed by atoms with Crippen LogP contribution in [0.2, 0.25) is 0 Å². The van der Waals surface area contributed by atoms with Crippen molar-refractivity contribution < 1.29 is 14.3 Å².